The van der Waals surface area contributed by atoms with E-state index < -0.39 is 22.1 Å². The molecule has 0 atom stereocenters. The van der Waals surface area contributed by atoms with Crippen molar-refractivity contribution in [2.45, 2.75) is 41.5 Å². The van der Waals surface area contributed by atoms with Crippen molar-refractivity contribution in [1.29, 1.82) is 0 Å². The quantitative estimate of drug-likeness (QED) is 0.480. The van der Waals surface area contributed by atoms with Gasteiger partial charge in [0.05, 0.1) is 0 Å². The van der Waals surface area contributed by atoms with Crippen LogP contribution in [0.5, 0.6) is 0 Å². The Morgan fingerprint density at radius 1 is 0.500 bits per heavy atom. The van der Waals surface area contributed by atoms with Gasteiger partial charge in [0, 0.05) is 22.1 Å². The molecule has 0 aromatic carbocycles. The Hall–Kier alpha value is 1.09. The van der Waals surface area contributed by atoms with Crippen molar-refractivity contribution in [1.82, 2.24) is 0 Å². The SMILES string of the molecule is CCP(=O)([O-])CC.CCP(=O)([O-])CC.CCP(=O)([O-])CC.[Fe+3]. The van der Waals surface area contributed by atoms with E-state index in [4.69, 9.17) is 0 Å². The van der Waals surface area contributed by atoms with Crippen LogP contribution in [0.15, 0.2) is 0 Å². The first-order valence-electron chi connectivity index (χ1n) is 7.24. The molecule has 0 unspecified atom stereocenters. The van der Waals surface area contributed by atoms with Crippen LogP contribution in [0.25, 0.3) is 0 Å². The Kier molecular flexibility index (Phi) is 21.9. The summed E-state index contributed by atoms with van der Waals surface area (Å²) >= 11 is 0. The van der Waals surface area contributed by atoms with Gasteiger partial charge in [-0.2, -0.15) is 0 Å². The second-order valence-electron chi connectivity index (χ2n) is 4.34. The zero-order valence-corrected chi connectivity index (χ0v) is 18.2. The normalized spacial score (nSPS) is 11.3. The van der Waals surface area contributed by atoms with Crippen LogP contribution in [-0.2, 0) is 30.8 Å². The molecule has 0 aromatic rings. The van der Waals surface area contributed by atoms with Crippen LogP contribution >= 0.6 is 22.1 Å². The van der Waals surface area contributed by atoms with Gasteiger partial charge in [-0.05, 0) is 37.0 Å². The molecule has 0 aliphatic carbocycles. The molecule has 6 nitrogen and oxygen atoms in total. The molecule has 0 aliphatic rings. The third kappa shape index (κ3) is 23.4. The average Bonchev–Trinajstić information content (AvgIpc) is 2.48. The van der Waals surface area contributed by atoms with E-state index in [0.717, 1.165) is 0 Å². The van der Waals surface area contributed by atoms with Gasteiger partial charge in [-0.25, -0.2) is 0 Å². The van der Waals surface area contributed by atoms with Crippen molar-refractivity contribution in [2.75, 3.05) is 37.0 Å². The van der Waals surface area contributed by atoms with Crippen LogP contribution in [-0.4, -0.2) is 37.0 Å². The summed E-state index contributed by atoms with van der Waals surface area (Å²) in [5.74, 6) is 0. The number of hydrogen-bond acceptors (Lipinski definition) is 6. The fourth-order valence-corrected chi connectivity index (χ4v) is 2.01. The second kappa shape index (κ2) is 15.6. The summed E-state index contributed by atoms with van der Waals surface area (Å²) < 4.78 is 31.2. The van der Waals surface area contributed by atoms with E-state index in [1.165, 1.54) is 0 Å². The second-order valence-corrected chi connectivity index (χ2v) is 13.0. The van der Waals surface area contributed by atoms with Gasteiger partial charge in [0.2, 0.25) is 0 Å². The molecule has 0 saturated heterocycles. The predicted octanol–water partition coefficient (Wildman–Crippen LogP) is 1.99. The Bertz CT molecular complexity index is 308. The number of hydrogen-bond donors (Lipinski definition) is 0. The zero-order valence-electron chi connectivity index (χ0n) is 14.4. The largest absolute Gasteiger partial charge is 3.00 e. The van der Waals surface area contributed by atoms with E-state index in [9.17, 15) is 28.4 Å². The minimum absolute atomic E-state index is 0. The summed E-state index contributed by atoms with van der Waals surface area (Å²) in [5.41, 5.74) is 0. The van der Waals surface area contributed by atoms with Gasteiger partial charge in [-0.15, -0.1) is 0 Å². The zero-order chi connectivity index (χ0) is 17.7. The first-order valence-corrected chi connectivity index (χ1v) is 13.2. The van der Waals surface area contributed by atoms with Crippen LogP contribution in [0.2, 0.25) is 0 Å². The van der Waals surface area contributed by atoms with Gasteiger partial charge >= 0.3 is 17.1 Å². The van der Waals surface area contributed by atoms with Crippen LogP contribution in [0.4, 0.5) is 0 Å². The Morgan fingerprint density at radius 2 is 0.591 bits per heavy atom. The van der Waals surface area contributed by atoms with Crippen molar-refractivity contribution in [3.8, 4) is 0 Å². The van der Waals surface area contributed by atoms with Crippen molar-refractivity contribution in [2.24, 2.45) is 0 Å². The Morgan fingerprint density at radius 3 is 0.591 bits per heavy atom. The van der Waals surface area contributed by atoms with Crippen molar-refractivity contribution in [3.05, 3.63) is 0 Å². The van der Waals surface area contributed by atoms with Crippen molar-refractivity contribution >= 4 is 22.1 Å². The molecular weight excluding hydrogens is 389 g/mol. The fourth-order valence-electron chi connectivity index (χ4n) is 0.671. The third-order valence-electron chi connectivity index (χ3n) is 2.89. The summed E-state index contributed by atoms with van der Waals surface area (Å²) in [7, 11) is -8.71. The molecule has 0 aromatic heterocycles. The molecule has 22 heavy (non-hydrogen) atoms. The standard InChI is InChI=1S/3C4H11O2P.Fe/c3*1-3-7(5,6)4-2;/h3*3-4H2,1-2H3,(H,5,6);/q;;;+3/p-3. The average molecular weight is 419 g/mol. The van der Waals surface area contributed by atoms with Crippen LogP contribution in [0.1, 0.15) is 41.5 Å². The molecule has 137 valence electrons. The molecule has 0 aliphatic heterocycles. The summed E-state index contributed by atoms with van der Waals surface area (Å²) in [4.78, 5) is 31.2. The molecule has 0 saturated carbocycles. The first kappa shape index (κ1) is 30.9. The summed E-state index contributed by atoms with van der Waals surface area (Å²) in [6.07, 6.45) is 1.77. The van der Waals surface area contributed by atoms with Gasteiger partial charge in [0.15, 0.2) is 0 Å². The Balaban J connectivity index is -0.000000108. The first-order chi connectivity index (χ1) is 9.36. The molecule has 0 spiro atoms. The molecule has 0 bridgehead atoms. The molecule has 0 N–H and O–H groups in total. The van der Waals surface area contributed by atoms with Crippen LogP contribution in [0.3, 0.4) is 0 Å². The van der Waals surface area contributed by atoms with Crippen LogP contribution in [0, 0.1) is 0 Å². The summed E-state index contributed by atoms with van der Waals surface area (Å²) in [6, 6.07) is 0. The Labute approximate surface area is 146 Å². The monoisotopic (exact) mass is 419 g/mol. The molecule has 0 rings (SSSR count). The number of rotatable bonds is 6. The minimum Gasteiger partial charge on any atom is -0.799 e. The molecule has 0 amide bonds. The fraction of sp³-hybridized carbons (Fsp3) is 1.00. The maximum Gasteiger partial charge on any atom is 3.00 e. The maximum atomic E-state index is 10.4. The van der Waals surface area contributed by atoms with E-state index in [-0.39, 0.29) is 17.1 Å². The van der Waals surface area contributed by atoms with E-state index in [2.05, 4.69) is 0 Å². The molecule has 10 heteroatoms. The topological polar surface area (TPSA) is 120 Å². The maximum absolute atomic E-state index is 10.4. The van der Waals surface area contributed by atoms with Gasteiger partial charge in [-0.3, -0.25) is 0 Å². The van der Waals surface area contributed by atoms with Crippen molar-refractivity contribution in [3.63, 3.8) is 0 Å². The van der Waals surface area contributed by atoms with E-state index in [0.29, 0.717) is 37.0 Å². The third-order valence-corrected chi connectivity index (χ3v) is 8.67. The van der Waals surface area contributed by atoms with Gasteiger partial charge in [0.25, 0.3) is 0 Å². The molecule has 0 fully saturated rings. The van der Waals surface area contributed by atoms with E-state index in [1.54, 1.807) is 41.5 Å². The van der Waals surface area contributed by atoms with Gasteiger partial charge < -0.3 is 28.4 Å². The summed E-state index contributed by atoms with van der Waals surface area (Å²) in [6.45, 7) is 9.98. The molecular formula is C12H30FeO6P3. The minimum atomic E-state index is -2.90. The smallest absolute Gasteiger partial charge is 0.799 e. The van der Waals surface area contributed by atoms with Crippen LogP contribution < -0.4 is 14.7 Å². The van der Waals surface area contributed by atoms with E-state index in [1.807, 2.05) is 0 Å². The van der Waals surface area contributed by atoms with Gasteiger partial charge in [-0.1, -0.05) is 41.5 Å². The van der Waals surface area contributed by atoms with Gasteiger partial charge in [0.1, 0.15) is 0 Å². The predicted molar refractivity (Wildman–Crippen MR) is 86.1 cm³/mol. The van der Waals surface area contributed by atoms with E-state index >= 15 is 0 Å². The summed E-state index contributed by atoms with van der Waals surface area (Å²) in [5, 5.41) is 0. The molecule has 1 radical (unpaired) electrons. The van der Waals surface area contributed by atoms with Crippen molar-refractivity contribution < 1.29 is 45.4 Å². The molecule has 0 heterocycles.